The van der Waals surface area contributed by atoms with Gasteiger partial charge in [0.1, 0.15) is 0 Å². The Bertz CT molecular complexity index is 536. The number of hydrogen-bond donors (Lipinski definition) is 0. The Morgan fingerprint density at radius 3 is 2.62 bits per heavy atom. The fourth-order valence-electron chi connectivity index (χ4n) is 5.45. The summed E-state index contributed by atoms with van der Waals surface area (Å²) in [5.74, 6) is 0.989. The van der Waals surface area contributed by atoms with Gasteiger partial charge in [-0.25, -0.2) is 0 Å². The third kappa shape index (κ3) is 4.51. The molecular formula is C24H39NO. The standard InChI is InChI=1S/C24H39NO/c1-23(2)22-12-9-14-24(23,20-22)15-19-26-18-8-7-16-25(3)17-13-21-10-5-4-6-11-21/h4-6,10-11,22H,7-9,12-20H2,1-3H3/t22-,24+/m0/s1. The van der Waals surface area contributed by atoms with Crippen LogP contribution in [0.1, 0.15) is 64.4 Å². The first kappa shape index (κ1) is 19.9. The Morgan fingerprint density at radius 2 is 1.88 bits per heavy atom. The SMILES string of the molecule is CN(CCCCOCC[C@]12CCC[C@@H](C1)C2(C)C)CCc1ccccc1. The van der Waals surface area contributed by atoms with E-state index < -0.39 is 0 Å². The minimum absolute atomic E-state index is 0.566. The summed E-state index contributed by atoms with van der Waals surface area (Å²) in [7, 11) is 2.24. The van der Waals surface area contributed by atoms with E-state index in [1.54, 1.807) is 0 Å². The third-order valence-corrected chi connectivity index (χ3v) is 7.66. The van der Waals surface area contributed by atoms with Crippen LogP contribution in [0.5, 0.6) is 0 Å². The topological polar surface area (TPSA) is 12.5 Å². The van der Waals surface area contributed by atoms with Gasteiger partial charge in [0, 0.05) is 19.8 Å². The third-order valence-electron chi connectivity index (χ3n) is 7.66. The van der Waals surface area contributed by atoms with Crippen molar-refractivity contribution in [3.05, 3.63) is 35.9 Å². The molecule has 0 heterocycles. The molecule has 1 aromatic rings. The number of ether oxygens (including phenoxy) is 1. The number of benzene rings is 1. The van der Waals surface area contributed by atoms with Crippen LogP contribution < -0.4 is 0 Å². The summed E-state index contributed by atoms with van der Waals surface area (Å²) in [5.41, 5.74) is 2.61. The zero-order chi connectivity index (χ0) is 18.5. The lowest BCUT2D eigenvalue weighted by atomic mass is 9.39. The van der Waals surface area contributed by atoms with Crippen LogP contribution in [0, 0.1) is 16.7 Å². The highest BCUT2D eigenvalue weighted by molar-refractivity contribution is 5.14. The maximum absolute atomic E-state index is 6.01. The average Bonchev–Trinajstić information content (AvgIpc) is 2.66. The lowest BCUT2D eigenvalue weighted by molar-refractivity contribution is -0.172. The summed E-state index contributed by atoms with van der Waals surface area (Å²) >= 11 is 0. The highest BCUT2D eigenvalue weighted by atomic mass is 16.5. The van der Waals surface area contributed by atoms with E-state index in [-0.39, 0.29) is 0 Å². The molecule has 0 aromatic heterocycles. The first-order valence-corrected chi connectivity index (χ1v) is 10.8. The van der Waals surface area contributed by atoms with Crippen molar-refractivity contribution in [2.45, 2.75) is 65.2 Å². The molecule has 0 amide bonds. The van der Waals surface area contributed by atoms with Gasteiger partial charge in [0.2, 0.25) is 0 Å². The molecule has 3 saturated carbocycles. The summed E-state index contributed by atoms with van der Waals surface area (Å²) in [6.07, 6.45) is 10.7. The minimum atomic E-state index is 0.566. The quantitative estimate of drug-likeness (QED) is 0.480. The van der Waals surface area contributed by atoms with Crippen molar-refractivity contribution in [1.82, 2.24) is 4.90 Å². The molecule has 26 heavy (non-hydrogen) atoms. The highest BCUT2D eigenvalue weighted by Gasteiger charge is 2.60. The van der Waals surface area contributed by atoms with Crippen molar-refractivity contribution < 1.29 is 4.74 Å². The van der Waals surface area contributed by atoms with Crippen LogP contribution in [0.25, 0.3) is 0 Å². The van der Waals surface area contributed by atoms with Crippen LogP contribution in [0.4, 0.5) is 0 Å². The molecular weight excluding hydrogens is 318 g/mol. The van der Waals surface area contributed by atoms with Crippen molar-refractivity contribution in [1.29, 1.82) is 0 Å². The summed E-state index contributed by atoms with van der Waals surface area (Å²) in [6.45, 7) is 9.24. The second kappa shape index (κ2) is 8.89. The van der Waals surface area contributed by atoms with E-state index in [1.165, 1.54) is 57.1 Å². The van der Waals surface area contributed by atoms with Gasteiger partial charge in [0.25, 0.3) is 0 Å². The van der Waals surface area contributed by atoms with E-state index in [9.17, 15) is 0 Å². The Hall–Kier alpha value is -0.860. The molecule has 146 valence electrons. The number of nitrogens with zero attached hydrogens (tertiary/aromatic N) is 1. The fourth-order valence-corrected chi connectivity index (χ4v) is 5.45. The summed E-state index contributed by atoms with van der Waals surface area (Å²) in [6, 6.07) is 10.8. The van der Waals surface area contributed by atoms with Crippen molar-refractivity contribution in [2.75, 3.05) is 33.4 Å². The molecule has 2 heteroatoms. The molecule has 2 atom stereocenters. The van der Waals surface area contributed by atoms with Crippen LogP contribution in [0.15, 0.2) is 30.3 Å². The lowest BCUT2D eigenvalue weighted by Crippen LogP contribution is -2.58. The molecule has 3 aliphatic rings. The summed E-state index contributed by atoms with van der Waals surface area (Å²) in [5, 5.41) is 0. The van der Waals surface area contributed by atoms with Gasteiger partial charge < -0.3 is 9.64 Å². The average molecular weight is 358 g/mol. The molecule has 3 fully saturated rings. The first-order valence-electron chi connectivity index (χ1n) is 10.8. The predicted octanol–water partition coefficient (Wildman–Crippen LogP) is 5.56. The van der Waals surface area contributed by atoms with Gasteiger partial charge in [-0.15, -0.1) is 0 Å². The van der Waals surface area contributed by atoms with Crippen LogP contribution in [-0.2, 0) is 11.2 Å². The second-order valence-corrected chi connectivity index (χ2v) is 9.40. The molecule has 1 aromatic carbocycles. The van der Waals surface area contributed by atoms with Gasteiger partial charge in [-0.1, -0.05) is 50.6 Å². The second-order valence-electron chi connectivity index (χ2n) is 9.40. The monoisotopic (exact) mass is 357 g/mol. The van der Waals surface area contributed by atoms with Gasteiger partial charge in [-0.05, 0) is 80.8 Å². The van der Waals surface area contributed by atoms with Gasteiger partial charge in [0.15, 0.2) is 0 Å². The van der Waals surface area contributed by atoms with E-state index >= 15 is 0 Å². The number of likely N-dealkylation sites (N-methyl/N-ethyl adjacent to an activating group) is 1. The van der Waals surface area contributed by atoms with Crippen LogP contribution in [0.3, 0.4) is 0 Å². The summed E-state index contributed by atoms with van der Waals surface area (Å²) in [4.78, 5) is 2.45. The number of fused-ring (bicyclic) bond motifs is 2. The molecule has 3 aliphatic carbocycles. The number of hydrogen-bond acceptors (Lipinski definition) is 2. The molecule has 2 nitrogen and oxygen atoms in total. The van der Waals surface area contributed by atoms with E-state index in [4.69, 9.17) is 4.74 Å². The molecule has 0 unspecified atom stereocenters. The lowest BCUT2D eigenvalue weighted by Gasteiger charge is -2.66. The van der Waals surface area contributed by atoms with E-state index in [0.717, 1.165) is 32.1 Å². The molecule has 2 bridgehead atoms. The van der Waals surface area contributed by atoms with Crippen LogP contribution in [0.2, 0.25) is 0 Å². The van der Waals surface area contributed by atoms with Gasteiger partial charge >= 0.3 is 0 Å². The first-order chi connectivity index (χ1) is 12.5. The molecule has 0 spiro atoms. The zero-order valence-electron chi connectivity index (χ0n) is 17.3. The van der Waals surface area contributed by atoms with Crippen molar-refractivity contribution in [3.63, 3.8) is 0 Å². The zero-order valence-corrected chi connectivity index (χ0v) is 17.3. The predicted molar refractivity (Wildman–Crippen MR) is 110 cm³/mol. The van der Waals surface area contributed by atoms with Gasteiger partial charge in [-0.3, -0.25) is 0 Å². The van der Waals surface area contributed by atoms with Gasteiger partial charge in [0.05, 0.1) is 0 Å². The van der Waals surface area contributed by atoms with Crippen LogP contribution >= 0.6 is 0 Å². The van der Waals surface area contributed by atoms with Crippen molar-refractivity contribution in [3.8, 4) is 0 Å². The van der Waals surface area contributed by atoms with Crippen LogP contribution in [-0.4, -0.2) is 38.3 Å². The van der Waals surface area contributed by atoms with Gasteiger partial charge in [-0.2, -0.15) is 0 Å². The molecule has 0 radical (unpaired) electrons. The molecule has 0 aliphatic heterocycles. The smallest absolute Gasteiger partial charge is 0.0471 e. The number of rotatable bonds is 11. The Kier molecular flexibility index (Phi) is 6.80. The maximum Gasteiger partial charge on any atom is 0.0471 e. The van der Waals surface area contributed by atoms with E-state index in [0.29, 0.717) is 10.8 Å². The Morgan fingerprint density at radius 1 is 1.08 bits per heavy atom. The Balaban J connectivity index is 1.21. The van der Waals surface area contributed by atoms with E-state index in [2.05, 4.69) is 56.1 Å². The van der Waals surface area contributed by atoms with Crippen molar-refractivity contribution in [2.24, 2.45) is 16.7 Å². The molecule has 0 saturated heterocycles. The van der Waals surface area contributed by atoms with Crippen molar-refractivity contribution >= 4 is 0 Å². The molecule has 4 rings (SSSR count). The van der Waals surface area contributed by atoms with E-state index in [1.807, 2.05) is 0 Å². The molecule has 0 N–H and O–H groups in total. The highest BCUT2D eigenvalue weighted by Crippen LogP contribution is 2.69. The number of unbranched alkanes of at least 4 members (excludes halogenated alkanes) is 1. The minimum Gasteiger partial charge on any atom is -0.381 e. The Labute approximate surface area is 161 Å². The largest absolute Gasteiger partial charge is 0.381 e. The summed E-state index contributed by atoms with van der Waals surface area (Å²) < 4.78 is 6.01. The fraction of sp³-hybridized carbons (Fsp3) is 0.750. The maximum atomic E-state index is 6.01. The normalized spacial score (nSPS) is 26.7.